The van der Waals surface area contributed by atoms with Crippen molar-refractivity contribution < 1.29 is 14.6 Å². The summed E-state index contributed by atoms with van der Waals surface area (Å²) in [4.78, 5) is 0. The summed E-state index contributed by atoms with van der Waals surface area (Å²) in [6.07, 6.45) is 0.877. The normalized spacial score (nSPS) is 10.5. The number of hydrogen-bond donors (Lipinski definition) is 2. The average Bonchev–Trinajstić information content (AvgIpc) is 2.56. The Morgan fingerprint density at radius 2 is 1.75 bits per heavy atom. The molecule has 7 heteroatoms. The number of ether oxygens (including phenoxy) is 2. The summed E-state index contributed by atoms with van der Waals surface area (Å²) in [7, 11) is 1.57. The molecule has 0 atom stereocenters. The molecule has 0 fully saturated rings. The molecule has 2 aromatic carbocycles. The van der Waals surface area contributed by atoms with Gasteiger partial charge in [0.1, 0.15) is 0 Å². The Kier molecular flexibility index (Phi) is 6.72. The topological polar surface area (TPSA) is 50.7 Å². The summed E-state index contributed by atoms with van der Waals surface area (Å²) in [5.41, 5.74) is 1.51. The highest BCUT2D eigenvalue weighted by atomic mass is 35.5. The molecule has 0 aliphatic rings. The van der Waals surface area contributed by atoms with E-state index in [-0.39, 0.29) is 15.8 Å². The van der Waals surface area contributed by atoms with Crippen molar-refractivity contribution >= 4 is 40.5 Å². The number of hydrogen-bond acceptors (Lipinski definition) is 4. The van der Waals surface area contributed by atoms with Crippen molar-refractivity contribution in [2.24, 2.45) is 0 Å². The lowest BCUT2D eigenvalue weighted by Crippen LogP contribution is -2.06. The van der Waals surface area contributed by atoms with Crippen LogP contribution in [0.2, 0.25) is 15.1 Å². The minimum absolute atomic E-state index is 0.139. The number of nitrogens with one attached hydrogen (secondary N) is 1. The van der Waals surface area contributed by atoms with E-state index in [0.29, 0.717) is 35.4 Å². The van der Waals surface area contributed by atoms with Crippen LogP contribution in [0.15, 0.2) is 24.3 Å². The van der Waals surface area contributed by atoms with E-state index in [9.17, 15) is 5.11 Å². The number of aromatic hydroxyl groups is 1. The zero-order chi connectivity index (χ0) is 17.7. The van der Waals surface area contributed by atoms with Crippen LogP contribution < -0.4 is 14.8 Å². The van der Waals surface area contributed by atoms with Gasteiger partial charge >= 0.3 is 0 Å². The molecule has 0 saturated heterocycles. The summed E-state index contributed by atoms with van der Waals surface area (Å²) in [6, 6.07) is 6.71. The van der Waals surface area contributed by atoms with Crippen molar-refractivity contribution in [2.45, 2.75) is 19.9 Å². The molecular formula is C17H18Cl3NO3. The van der Waals surface area contributed by atoms with Gasteiger partial charge in [-0.1, -0.05) is 41.7 Å². The zero-order valence-electron chi connectivity index (χ0n) is 13.3. The highest BCUT2D eigenvalue weighted by molar-refractivity contribution is 6.37. The first kappa shape index (κ1) is 18.8. The first-order valence-corrected chi connectivity index (χ1v) is 8.50. The second-order valence-electron chi connectivity index (χ2n) is 5.09. The van der Waals surface area contributed by atoms with Gasteiger partial charge in [0.25, 0.3) is 0 Å². The van der Waals surface area contributed by atoms with Crippen LogP contribution in [0.4, 0.5) is 5.69 Å². The Labute approximate surface area is 156 Å². The Morgan fingerprint density at radius 1 is 1.08 bits per heavy atom. The first-order chi connectivity index (χ1) is 11.5. The monoisotopic (exact) mass is 389 g/mol. The Balaban J connectivity index is 2.26. The average molecular weight is 391 g/mol. The number of methoxy groups -OCH3 is 1. The van der Waals surface area contributed by atoms with Crippen LogP contribution >= 0.6 is 34.8 Å². The van der Waals surface area contributed by atoms with E-state index in [1.54, 1.807) is 25.3 Å². The van der Waals surface area contributed by atoms with Gasteiger partial charge in [0.15, 0.2) is 17.2 Å². The molecular weight excluding hydrogens is 373 g/mol. The molecule has 0 aliphatic heterocycles. The van der Waals surface area contributed by atoms with E-state index < -0.39 is 0 Å². The molecule has 2 aromatic rings. The van der Waals surface area contributed by atoms with Gasteiger partial charge in [0, 0.05) is 28.9 Å². The maximum Gasteiger partial charge on any atom is 0.166 e. The van der Waals surface area contributed by atoms with Crippen molar-refractivity contribution in [2.75, 3.05) is 19.0 Å². The van der Waals surface area contributed by atoms with Crippen molar-refractivity contribution in [1.29, 1.82) is 0 Å². The maximum absolute atomic E-state index is 9.62. The molecule has 2 rings (SSSR count). The van der Waals surface area contributed by atoms with Crippen LogP contribution in [0, 0.1) is 0 Å². The molecule has 130 valence electrons. The minimum atomic E-state index is -0.139. The predicted molar refractivity (Wildman–Crippen MR) is 99.2 cm³/mol. The molecule has 0 unspecified atom stereocenters. The molecule has 0 spiro atoms. The highest BCUT2D eigenvalue weighted by Crippen LogP contribution is 2.37. The molecule has 0 radical (unpaired) electrons. The summed E-state index contributed by atoms with van der Waals surface area (Å²) < 4.78 is 11.2. The van der Waals surface area contributed by atoms with Crippen LogP contribution in [0.1, 0.15) is 18.9 Å². The van der Waals surface area contributed by atoms with Gasteiger partial charge in [-0.3, -0.25) is 0 Å². The van der Waals surface area contributed by atoms with Crippen molar-refractivity contribution in [3.8, 4) is 17.2 Å². The van der Waals surface area contributed by atoms with Gasteiger partial charge in [-0.15, -0.1) is 0 Å². The Morgan fingerprint density at radius 3 is 2.33 bits per heavy atom. The third-order valence-corrected chi connectivity index (χ3v) is 4.06. The summed E-state index contributed by atoms with van der Waals surface area (Å²) in [5.74, 6) is 1.09. The summed E-state index contributed by atoms with van der Waals surface area (Å²) in [5, 5.41) is 13.7. The van der Waals surface area contributed by atoms with Gasteiger partial charge in [-0.05, 0) is 24.6 Å². The number of phenols is 1. The van der Waals surface area contributed by atoms with E-state index in [0.717, 1.165) is 12.0 Å². The zero-order valence-corrected chi connectivity index (χ0v) is 15.6. The fourth-order valence-corrected chi connectivity index (χ4v) is 2.86. The van der Waals surface area contributed by atoms with Crippen LogP contribution in [0.25, 0.3) is 0 Å². The lowest BCUT2D eigenvalue weighted by atomic mass is 10.1. The smallest absolute Gasteiger partial charge is 0.166 e. The second-order valence-corrected chi connectivity index (χ2v) is 6.34. The Bertz CT molecular complexity index is 699. The molecule has 0 aliphatic carbocycles. The van der Waals surface area contributed by atoms with Crippen LogP contribution in [0.3, 0.4) is 0 Å². The fourth-order valence-electron chi connectivity index (χ4n) is 2.14. The molecule has 0 amide bonds. The van der Waals surface area contributed by atoms with E-state index in [1.807, 2.05) is 13.0 Å². The SMILES string of the molecule is CCCOc1c(CNc2cc(Cl)c(O)c(Cl)c2)cc(Cl)cc1OC. The number of phenolic OH excluding ortho intramolecular Hbond substituents is 1. The number of rotatable bonds is 7. The lowest BCUT2D eigenvalue weighted by Gasteiger charge is -2.16. The Hall–Kier alpha value is -1.49. The molecule has 0 heterocycles. The summed E-state index contributed by atoms with van der Waals surface area (Å²) in [6.45, 7) is 3.02. The van der Waals surface area contributed by atoms with Crippen molar-refractivity contribution in [1.82, 2.24) is 0 Å². The summed E-state index contributed by atoms with van der Waals surface area (Å²) >= 11 is 18.0. The van der Waals surface area contributed by atoms with Gasteiger partial charge in [-0.25, -0.2) is 0 Å². The quantitative estimate of drug-likeness (QED) is 0.590. The standard InChI is InChI=1S/C17H18Cl3NO3/c1-3-4-24-17-10(5-11(18)6-15(17)23-2)9-21-12-7-13(19)16(22)14(20)8-12/h5-8,21-22H,3-4,9H2,1-2H3. The molecule has 0 saturated carbocycles. The molecule has 4 nitrogen and oxygen atoms in total. The second kappa shape index (κ2) is 8.56. The van der Waals surface area contributed by atoms with Crippen LogP contribution in [-0.2, 0) is 6.54 Å². The predicted octanol–water partition coefficient (Wildman–Crippen LogP) is 5.76. The van der Waals surface area contributed by atoms with Crippen LogP contribution in [-0.4, -0.2) is 18.8 Å². The number of benzene rings is 2. The number of anilines is 1. The molecule has 2 N–H and O–H groups in total. The van der Waals surface area contributed by atoms with Crippen molar-refractivity contribution in [3.05, 3.63) is 44.9 Å². The van der Waals surface area contributed by atoms with E-state index >= 15 is 0 Å². The fraction of sp³-hybridized carbons (Fsp3) is 0.294. The van der Waals surface area contributed by atoms with Crippen molar-refractivity contribution in [3.63, 3.8) is 0 Å². The van der Waals surface area contributed by atoms with Gasteiger partial charge in [0.2, 0.25) is 0 Å². The van der Waals surface area contributed by atoms with E-state index in [2.05, 4.69) is 5.32 Å². The van der Waals surface area contributed by atoms with Gasteiger partial charge in [-0.2, -0.15) is 0 Å². The molecule has 24 heavy (non-hydrogen) atoms. The van der Waals surface area contributed by atoms with Crippen LogP contribution in [0.5, 0.6) is 17.2 Å². The lowest BCUT2D eigenvalue weighted by molar-refractivity contribution is 0.291. The minimum Gasteiger partial charge on any atom is -0.505 e. The van der Waals surface area contributed by atoms with E-state index in [4.69, 9.17) is 44.3 Å². The van der Waals surface area contributed by atoms with E-state index in [1.165, 1.54) is 0 Å². The maximum atomic E-state index is 9.62. The first-order valence-electron chi connectivity index (χ1n) is 7.37. The van der Waals surface area contributed by atoms with Gasteiger partial charge in [0.05, 0.1) is 23.8 Å². The van der Waals surface area contributed by atoms with Gasteiger partial charge < -0.3 is 19.9 Å². The highest BCUT2D eigenvalue weighted by Gasteiger charge is 2.14. The molecule has 0 bridgehead atoms. The number of halogens is 3. The third-order valence-electron chi connectivity index (χ3n) is 3.27. The molecule has 0 aromatic heterocycles. The third kappa shape index (κ3) is 4.53. The largest absolute Gasteiger partial charge is 0.505 e.